The van der Waals surface area contributed by atoms with Crippen LogP contribution in [0, 0.1) is 17.8 Å². The number of rotatable bonds is 21. The van der Waals surface area contributed by atoms with Gasteiger partial charge in [-0.05, 0) is 94.2 Å². The summed E-state index contributed by atoms with van der Waals surface area (Å²) in [5.74, 6) is -3.07. The molecule has 416 valence electrons. The summed E-state index contributed by atoms with van der Waals surface area (Å²) in [5, 5.41) is 20.2. The highest BCUT2D eigenvalue weighted by molar-refractivity contribution is 6.35. The third-order valence-corrected chi connectivity index (χ3v) is 14.9. The van der Waals surface area contributed by atoms with Gasteiger partial charge < -0.3 is 54.9 Å². The standard InChI is InChI=1S/C56H76ClN5O14/c1-32(2)40(28-39(64)16-11-10-15-34(4)63)52(68)61-41(17-13-23-59-53(58)69)43(65)26-36-19-21-38(22-20-36)60-54(70)75-47-29-48(66)62(7)42-25-37(27-44(72-8)50(42)57)24-33(3)14-12-18-46(73-9)56(71)30-45(74-49(67)31-56)35(5)51-55(47,6)76-51/h12,14,18-22,25,27,32,35,40-41,45-47,51,71H,10-11,13,15-17,23-24,26,28-31H2,1-9H3,(H,60,70)(H,61,68)(H3,58,59,69)/b18-12+,33-14+/t35-,40+,41+,45+,46-,47+,51+,55+,56-/m1/s1. The number of unbranched alkanes of at least 4 members (excludes halogenated alkanes) is 1. The van der Waals surface area contributed by atoms with E-state index in [4.69, 9.17) is 41.0 Å². The smallest absolute Gasteiger partial charge is 0.412 e. The Morgan fingerprint density at radius 3 is 2.37 bits per heavy atom. The third-order valence-electron chi connectivity index (χ3n) is 14.5. The Balaban J connectivity index is 1.35. The number of benzene rings is 2. The van der Waals surface area contributed by atoms with Gasteiger partial charge in [0.15, 0.2) is 5.78 Å². The van der Waals surface area contributed by atoms with E-state index in [0.717, 1.165) is 11.1 Å². The minimum absolute atomic E-state index is 0.0107. The molecule has 6 N–H and O–H groups in total. The van der Waals surface area contributed by atoms with Crippen LogP contribution in [0.3, 0.4) is 0 Å². The second-order valence-corrected chi connectivity index (χ2v) is 21.3. The molecule has 3 aliphatic heterocycles. The van der Waals surface area contributed by atoms with Gasteiger partial charge in [0.1, 0.15) is 51.9 Å². The zero-order valence-corrected chi connectivity index (χ0v) is 45.9. The van der Waals surface area contributed by atoms with Crippen molar-refractivity contribution in [2.24, 2.45) is 23.5 Å². The second kappa shape index (κ2) is 27.2. The van der Waals surface area contributed by atoms with Crippen LogP contribution in [0.5, 0.6) is 5.75 Å². The zero-order chi connectivity index (χ0) is 56.1. The number of hydrogen-bond acceptors (Lipinski definition) is 14. The molecule has 0 aromatic heterocycles. The number of nitrogens with zero attached hydrogens (tertiary/aromatic N) is 1. The maximum absolute atomic E-state index is 14.4. The van der Waals surface area contributed by atoms with Gasteiger partial charge in [-0.25, -0.2) is 9.59 Å². The molecule has 19 nitrogen and oxygen atoms in total. The first-order valence-electron chi connectivity index (χ1n) is 25.9. The van der Waals surface area contributed by atoms with E-state index in [2.05, 4.69) is 16.0 Å². The minimum atomic E-state index is -1.63. The lowest BCUT2D eigenvalue weighted by Gasteiger charge is -2.41. The monoisotopic (exact) mass is 1080 g/mol. The molecule has 3 aliphatic rings. The number of anilines is 2. The Hall–Kier alpha value is -6.15. The van der Waals surface area contributed by atoms with E-state index < -0.39 is 83.4 Å². The van der Waals surface area contributed by atoms with E-state index in [9.17, 15) is 43.5 Å². The van der Waals surface area contributed by atoms with Crippen LogP contribution in [0.2, 0.25) is 5.02 Å². The number of esters is 1. The van der Waals surface area contributed by atoms with Gasteiger partial charge in [-0.2, -0.15) is 0 Å². The van der Waals surface area contributed by atoms with Crippen molar-refractivity contribution >= 4 is 70.2 Å². The number of ketones is 3. The fraction of sp³-hybridized carbons (Fsp3) is 0.571. The average Bonchev–Trinajstić information content (AvgIpc) is 4.06. The summed E-state index contributed by atoms with van der Waals surface area (Å²) in [5.41, 5.74) is 5.22. The van der Waals surface area contributed by atoms with E-state index in [0.29, 0.717) is 49.1 Å². The number of halogens is 1. The number of carbonyl (C=O) groups is 8. The van der Waals surface area contributed by atoms with E-state index in [1.165, 1.54) is 26.0 Å². The normalized spacial score (nSPS) is 25.6. The summed E-state index contributed by atoms with van der Waals surface area (Å²) in [4.78, 5) is 106. The van der Waals surface area contributed by atoms with Gasteiger partial charge in [-0.15, -0.1) is 0 Å². The van der Waals surface area contributed by atoms with Crippen LogP contribution in [0.4, 0.5) is 21.0 Å². The number of hydrogen-bond donors (Lipinski definition) is 5. The number of primary amides is 1. The number of Topliss-reactive ketones (excluding diaryl/α,β-unsaturated/α-hetero) is 3. The number of aliphatic hydroxyl groups is 1. The number of ether oxygens (including phenoxy) is 5. The van der Waals surface area contributed by atoms with Crippen LogP contribution < -0.4 is 31.3 Å². The predicted molar refractivity (Wildman–Crippen MR) is 285 cm³/mol. The molecule has 20 heteroatoms. The van der Waals surface area contributed by atoms with Crippen LogP contribution in [-0.4, -0.2) is 122 Å². The molecule has 0 aliphatic carbocycles. The maximum Gasteiger partial charge on any atom is 0.412 e. The average molecular weight is 1080 g/mol. The molecular formula is C56H76ClN5O14. The molecule has 5 rings (SSSR count). The Labute approximate surface area is 450 Å². The van der Waals surface area contributed by atoms with Crippen LogP contribution in [0.15, 0.2) is 60.2 Å². The minimum Gasteiger partial charge on any atom is -0.495 e. The number of carbonyl (C=O) groups excluding carboxylic acids is 8. The Morgan fingerprint density at radius 2 is 1.72 bits per heavy atom. The number of amides is 5. The molecule has 2 saturated heterocycles. The molecule has 5 amide bonds. The molecule has 2 aromatic rings. The quantitative estimate of drug-likeness (QED) is 0.0476. The SMILES string of the molecule is COc1cc2cc(c1Cl)N(C)C(=O)C[C@H](OC(=O)Nc1ccc(CC(=O)[C@H](CCCNC(N)=O)NC(=O)[C@@H](CC(=O)CCCCC(C)=O)C(C)C)cc1)[C@]1(C)O[C@H]1[C@H](C)[C@@H]1C[C@@](O)(CC(=O)O1)[C@H](OC)/C=C/C=C(\C)C2. The van der Waals surface area contributed by atoms with Gasteiger partial charge in [0.2, 0.25) is 11.8 Å². The lowest BCUT2D eigenvalue weighted by atomic mass is 9.78. The van der Waals surface area contributed by atoms with Crippen molar-refractivity contribution in [3.63, 3.8) is 0 Å². The summed E-state index contributed by atoms with van der Waals surface area (Å²) < 4.78 is 29.6. The fourth-order valence-corrected chi connectivity index (χ4v) is 10.3. The lowest BCUT2D eigenvalue weighted by molar-refractivity contribution is -0.187. The van der Waals surface area contributed by atoms with Crippen molar-refractivity contribution in [1.29, 1.82) is 0 Å². The van der Waals surface area contributed by atoms with Crippen LogP contribution in [0.1, 0.15) is 117 Å². The van der Waals surface area contributed by atoms with Crippen molar-refractivity contribution in [2.75, 3.05) is 38.0 Å². The Bertz CT molecular complexity index is 2520. The van der Waals surface area contributed by atoms with E-state index in [1.807, 2.05) is 26.8 Å². The summed E-state index contributed by atoms with van der Waals surface area (Å²) in [6.45, 7) is 10.7. The third kappa shape index (κ3) is 16.7. The Morgan fingerprint density at radius 1 is 1.03 bits per heavy atom. The van der Waals surface area contributed by atoms with Gasteiger partial charge >= 0.3 is 18.1 Å². The van der Waals surface area contributed by atoms with E-state index in [-0.39, 0.29) is 85.5 Å². The summed E-state index contributed by atoms with van der Waals surface area (Å²) in [7, 11) is 4.48. The van der Waals surface area contributed by atoms with Crippen molar-refractivity contribution in [3.05, 3.63) is 76.3 Å². The zero-order valence-electron chi connectivity index (χ0n) is 45.2. The molecule has 9 atom stereocenters. The lowest BCUT2D eigenvalue weighted by Crippen LogP contribution is -2.53. The van der Waals surface area contributed by atoms with Crippen LogP contribution in [0.25, 0.3) is 0 Å². The molecule has 0 radical (unpaired) electrons. The maximum atomic E-state index is 14.4. The number of urea groups is 1. The van der Waals surface area contributed by atoms with Crippen molar-refractivity contribution in [1.82, 2.24) is 10.6 Å². The molecule has 0 spiro atoms. The predicted octanol–water partition coefficient (Wildman–Crippen LogP) is 7.05. The number of epoxide rings is 1. The molecule has 0 unspecified atom stereocenters. The topological polar surface area (TPSA) is 272 Å². The van der Waals surface area contributed by atoms with Gasteiger partial charge in [-0.3, -0.25) is 29.3 Å². The van der Waals surface area contributed by atoms with Gasteiger partial charge in [0.05, 0.1) is 37.8 Å². The number of methoxy groups -OCH3 is 2. The second-order valence-electron chi connectivity index (χ2n) is 21.0. The summed E-state index contributed by atoms with van der Waals surface area (Å²) >= 11 is 6.83. The highest BCUT2D eigenvalue weighted by Gasteiger charge is 2.64. The van der Waals surface area contributed by atoms with E-state index >= 15 is 0 Å². The first-order chi connectivity index (χ1) is 35.9. The van der Waals surface area contributed by atoms with Gasteiger partial charge in [-0.1, -0.05) is 68.3 Å². The molecular weight excluding hydrogens is 1000 g/mol. The number of fused-ring (bicyclic) bond motifs is 5. The first kappa shape index (κ1) is 60.7. The highest BCUT2D eigenvalue weighted by atomic mass is 35.5. The largest absolute Gasteiger partial charge is 0.495 e. The molecule has 2 aromatic carbocycles. The number of allylic oxidation sites excluding steroid dienone is 3. The van der Waals surface area contributed by atoms with Crippen molar-refractivity contribution in [2.45, 2.75) is 160 Å². The van der Waals surface area contributed by atoms with Crippen molar-refractivity contribution < 1.29 is 67.1 Å². The molecule has 4 bridgehead atoms. The molecule has 2 fully saturated rings. The first-order valence-corrected chi connectivity index (χ1v) is 26.3. The highest BCUT2D eigenvalue weighted by Crippen LogP contribution is 2.50. The van der Waals surface area contributed by atoms with Gasteiger partial charge in [0.25, 0.3) is 0 Å². The van der Waals surface area contributed by atoms with E-state index in [1.54, 1.807) is 69.4 Å². The molecule has 0 saturated carbocycles. The van der Waals surface area contributed by atoms with Crippen LogP contribution in [-0.2, 0) is 60.6 Å². The number of nitrogens with two attached hydrogens (primary N) is 1. The Kier molecular flexibility index (Phi) is 21.8. The molecule has 3 heterocycles. The fourth-order valence-electron chi connectivity index (χ4n) is 9.95. The van der Waals surface area contributed by atoms with Crippen LogP contribution >= 0.6 is 11.6 Å². The molecule has 76 heavy (non-hydrogen) atoms. The number of nitrogens with one attached hydrogen (secondary N) is 3. The van der Waals surface area contributed by atoms with Crippen molar-refractivity contribution in [3.8, 4) is 5.75 Å². The van der Waals surface area contributed by atoms with Gasteiger partial charge in [0, 0.05) is 70.3 Å². The summed E-state index contributed by atoms with van der Waals surface area (Å²) in [6, 6.07) is 8.25. The summed E-state index contributed by atoms with van der Waals surface area (Å²) in [6.07, 6.45) is 2.61.